The van der Waals surface area contributed by atoms with Gasteiger partial charge in [-0.1, -0.05) is 6.92 Å². The molecule has 19 heavy (non-hydrogen) atoms. The molecule has 0 radical (unpaired) electrons. The first-order valence-electron chi connectivity index (χ1n) is 6.59. The smallest absolute Gasteiger partial charge is 0.169 e. The second kappa shape index (κ2) is 5.97. The molecule has 0 amide bonds. The Morgan fingerprint density at radius 3 is 2.37 bits per heavy atom. The summed E-state index contributed by atoms with van der Waals surface area (Å²) in [6.45, 7) is 9.20. The van der Waals surface area contributed by atoms with Crippen molar-refractivity contribution in [1.82, 2.24) is 5.32 Å². The predicted molar refractivity (Wildman–Crippen MR) is 79.5 cm³/mol. The van der Waals surface area contributed by atoms with Crippen LogP contribution < -0.4 is 5.32 Å². The summed E-state index contributed by atoms with van der Waals surface area (Å²) < 4.78 is 12.2. The number of hydrogen-bond acceptors (Lipinski definition) is 3. The van der Waals surface area contributed by atoms with Gasteiger partial charge in [-0.2, -0.15) is 0 Å². The van der Waals surface area contributed by atoms with Gasteiger partial charge in [0.2, 0.25) is 0 Å². The largest absolute Gasteiger partial charge is 0.466 e. The van der Waals surface area contributed by atoms with Crippen LogP contribution in [-0.2, 0) is 0 Å². The molecule has 0 bridgehead atoms. The average molecular weight is 326 g/mol. The molecule has 1 atom stereocenters. The molecule has 1 N–H and O–H groups in total. The number of aryl methyl sites for hydroxylation is 2. The Labute approximate surface area is 122 Å². The van der Waals surface area contributed by atoms with Gasteiger partial charge in [-0.3, -0.25) is 0 Å². The molecular formula is C15H20BrNO2. The van der Waals surface area contributed by atoms with E-state index in [1.807, 2.05) is 26.0 Å². The highest BCUT2D eigenvalue weighted by molar-refractivity contribution is 9.10. The number of rotatable bonds is 5. The minimum absolute atomic E-state index is 0.0451. The molecule has 0 aliphatic rings. The number of furan rings is 2. The molecule has 0 spiro atoms. The van der Waals surface area contributed by atoms with Crippen molar-refractivity contribution in [2.45, 2.75) is 40.2 Å². The summed E-state index contributed by atoms with van der Waals surface area (Å²) in [6, 6.07) is 3.97. The Morgan fingerprint density at radius 2 is 1.89 bits per heavy atom. The van der Waals surface area contributed by atoms with Crippen LogP contribution in [0.3, 0.4) is 0 Å². The summed E-state index contributed by atoms with van der Waals surface area (Å²) in [6.07, 6.45) is 1.08. The van der Waals surface area contributed by atoms with Crippen LogP contribution in [0.4, 0.5) is 0 Å². The maximum Gasteiger partial charge on any atom is 0.169 e. The summed E-state index contributed by atoms with van der Waals surface area (Å²) in [4.78, 5) is 0. The van der Waals surface area contributed by atoms with Gasteiger partial charge in [-0.25, -0.2) is 0 Å². The fourth-order valence-electron chi connectivity index (χ4n) is 2.35. The lowest BCUT2D eigenvalue weighted by Crippen LogP contribution is -2.23. The molecule has 2 aromatic rings. The molecule has 104 valence electrons. The highest BCUT2D eigenvalue weighted by Crippen LogP contribution is 2.33. The molecule has 1 unspecified atom stereocenters. The average Bonchev–Trinajstić information content (AvgIpc) is 2.88. The first-order valence-corrected chi connectivity index (χ1v) is 7.39. The van der Waals surface area contributed by atoms with Crippen molar-refractivity contribution in [3.05, 3.63) is 45.2 Å². The van der Waals surface area contributed by atoms with Gasteiger partial charge in [0.1, 0.15) is 17.3 Å². The SMILES string of the molecule is CCCNC(c1ccc(Br)o1)c1c(C)oc(C)c1C. The van der Waals surface area contributed by atoms with Gasteiger partial charge in [0.05, 0.1) is 6.04 Å². The minimum atomic E-state index is 0.0451. The van der Waals surface area contributed by atoms with Crippen LogP contribution in [0.2, 0.25) is 0 Å². The van der Waals surface area contributed by atoms with Gasteiger partial charge in [0.15, 0.2) is 4.67 Å². The van der Waals surface area contributed by atoms with E-state index in [1.54, 1.807) is 0 Å². The van der Waals surface area contributed by atoms with Crippen molar-refractivity contribution in [2.24, 2.45) is 0 Å². The normalized spacial score (nSPS) is 12.9. The molecule has 0 aliphatic carbocycles. The number of halogens is 1. The molecule has 2 aromatic heterocycles. The third-order valence-corrected chi connectivity index (χ3v) is 3.81. The molecule has 0 aliphatic heterocycles. The third-order valence-electron chi connectivity index (χ3n) is 3.38. The second-order valence-corrected chi connectivity index (χ2v) is 5.56. The van der Waals surface area contributed by atoms with E-state index in [4.69, 9.17) is 8.83 Å². The molecule has 4 heteroatoms. The first kappa shape index (κ1) is 14.4. The summed E-state index contributed by atoms with van der Waals surface area (Å²) in [5, 5.41) is 3.54. The van der Waals surface area contributed by atoms with Crippen LogP contribution in [0.15, 0.2) is 25.6 Å². The monoisotopic (exact) mass is 325 g/mol. The molecular weight excluding hydrogens is 306 g/mol. The molecule has 3 nitrogen and oxygen atoms in total. The van der Waals surface area contributed by atoms with E-state index < -0.39 is 0 Å². The van der Waals surface area contributed by atoms with Crippen LogP contribution in [0.5, 0.6) is 0 Å². The van der Waals surface area contributed by atoms with Crippen molar-refractivity contribution < 1.29 is 8.83 Å². The second-order valence-electron chi connectivity index (χ2n) is 4.78. The number of nitrogens with one attached hydrogen (secondary N) is 1. The molecule has 0 aromatic carbocycles. The quantitative estimate of drug-likeness (QED) is 0.869. The maximum atomic E-state index is 5.74. The zero-order valence-corrected chi connectivity index (χ0v) is 13.4. The fourth-order valence-corrected chi connectivity index (χ4v) is 2.67. The predicted octanol–water partition coefficient (Wildman–Crippen LogP) is 4.65. The van der Waals surface area contributed by atoms with Gasteiger partial charge in [0.25, 0.3) is 0 Å². The topological polar surface area (TPSA) is 38.3 Å². The maximum absolute atomic E-state index is 5.74. The Kier molecular flexibility index (Phi) is 4.53. The first-order chi connectivity index (χ1) is 9.04. The Bertz CT molecular complexity index is 556. The van der Waals surface area contributed by atoms with Gasteiger partial charge >= 0.3 is 0 Å². The van der Waals surface area contributed by atoms with E-state index in [9.17, 15) is 0 Å². The van der Waals surface area contributed by atoms with Crippen LogP contribution in [-0.4, -0.2) is 6.54 Å². The molecule has 0 fully saturated rings. The highest BCUT2D eigenvalue weighted by Gasteiger charge is 2.24. The van der Waals surface area contributed by atoms with E-state index in [0.29, 0.717) is 0 Å². The van der Waals surface area contributed by atoms with Crippen molar-refractivity contribution in [1.29, 1.82) is 0 Å². The molecule has 2 rings (SSSR count). The van der Waals surface area contributed by atoms with E-state index >= 15 is 0 Å². The Morgan fingerprint density at radius 1 is 1.16 bits per heavy atom. The summed E-state index contributed by atoms with van der Waals surface area (Å²) >= 11 is 3.37. The van der Waals surface area contributed by atoms with Crippen LogP contribution >= 0.6 is 15.9 Å². The lowest BCUT2D eigenvalue weighted by molar-refractivity contribution is 0.426. The lowest BCUT2D eigenvalue weighted by Gasteiger charge is -2.17. The summed E-state index contributed by atoms with van der Waals surface area (Å²) in [5.74, 6) is 2.84. The zero-order chi connectivity index (χ0) is 14.0. The van der Waals surface area contributed by atoms with E-state index in [2.05, 4.69) is 35.1 Å². The lowest BCUT2D eigenvalue weighted by atomic mass is 10.00. The van der Waals surface area contributed by atoms with E-state index in [1.165, 1.54) is 11.1 Å². The van der Waals surface area contributed by atoms with Gasteiger partial charge in [-0.05, 0) is 67.4 Å². The Hall–Kier alpha value is -1.00. The van der Waals surface area contributed by atoms with Crippen molar-refractivity contribution in [2.75, 3.05) is 6.54 Å². The van der Waals surface area contributed by atoms with Crippen LogP contribution in [0.25, 0.3) is 0 Å². The van der Waals surface area contributed by atoms with Crippen molar-refractivity contribution in [3.63, 3.8) is 0 Å². The van der Waals surface area contributed by atoms with Crippen LogP contribution in [0.1, 0.15) is 47.8 Å². The summed E-state index contributed by atoms with van der Waals surface area (Å²) in [7, 11) is 0. The van der Waals surface area contributed by atoms with E-state index in [0.717, 1.165) is 34.9 Å². The van der Waals surface area contributed by atoms with E-state index in [-0.39, 0.29) is 6.04 Å². The Balaban J connectivity index is 2.42. The van der Waals surface area contributed by atoms with Crippen molar-refractivity contribution in [3.8, 4) is 0 Å². The van der Waals surface area contributed by atoms with Crippen LogP contribution in [0, 0.1) is 20.8 Å². The fraction of sp³-hybridized carbons (Fsp3) is 0.467. The molecule has 0 saturated carbocycles. The number of hydrogen-bond donors (Lipinski definition) is 1. The standard InChI is InChI=1S/C15H20BrNO2/c1-5-8-17-15(12-6-7-13(16)19-12)14-9(2)10(3)18-11(14)4/h6-7,15,17H,5,8H2,1-4H3. The molecule has 0 saturated heterocycles. The minimum Gasteiger partial charge on any atom is -0.466 e. The summed E-state index contributed by atoms with van der Waals surface area (Å²) in [5.41, 5.74) is 2.38. The third kappa shape index (κ3) is 2.95. The molecule has 2 heterocycles. The highest BCUT2D eigenvalue weighted by atomic mass is 79.9. The zero-order valence-electron chi connectivity index (χ0n) is 11.8. The van der Waals surface area contributed by atoms with Gasteiger partial charge in [-0.15, -0.1) is 0 Å². The van der Waals surface area contributed by atoms with Crippen molar-refractivity contribution >= 4 is 15.9 Å². The van der Waals surface area contributed by atoms with Gasteiger partial charge < -0.3 is 14.2 Å². The van der Waals surface area contributed by atoms with Gasteiger partial charge in [0, 0.05) is 5.56 Å².